The summed E-state index contributed by atoms with van der Waals surface area (Å²) in [7, 11) is 0. The van der Waals surface area contributed by atoms with Crippen molar-refractivity contribution in [3.63, 3.8) is 0 Å². The number of alkyl halides is 3. The molecule has 0 radical (unpaired) electrons. The van der Waals surface area contributed by atoms with Crippen LogP contribution in [0.15, 0.2) is 0 Å². The van der Waals surface area contributed by atoms with Gasteiger partial charge in [0.1, 0.15) is 0 Å². The Morgan fingerprint density at radius 3 is 2.50 bits per heavy atom. The number of carboxylic acids is 1. The zero-order valence-electron chi connectivity index (χ0n) is 8.46. The number of carboxylic acid groups (broad SMARTS) is 1. The molecule has 0 aromatic heterocycles. The molecule has 1 unspecified atom stereocenters. The van der Waals surface area contributed by atoms with Gasteiger partial charge in [0, 0.05) is 6.54 Å². The Morgan fingerprint density at radius 1 is 1.38 bits per heavy atom. The first-order valence-corrected chi connectivity index (χ1v) is 4.86. The molecular formula is C9H12F3NO3. The Balaban J connectivity index is 2.49. The van der Waals surface area contributed by atoms with Gasteiger partial charge in [-0.05, 0) is 19.4 Å². The van der Waals surface area contributed by atoms with E-state index in [4.69, 9.17) is 5.11 Å². The molecule has 1 fully saturated rings. The van der Waals surface area contributed by atoms with Gasteiger partial charge in [-0.15, -0.1) is 0 Å². The number of likely N-dealkylation sites (tertiary alicyclic amines) is 1. The van der Waals surface area contributed by atoms with E-state index in [0.29, 0.717) is 19.4 Å². The molecule has 92 valence electrons. The molecule has 0 spiro atoms. The fourth-order valence-corrected chi connectivity index (χ4v) is 1.69. The number of piperidine rings is 1. The predicted octanol–water partition coefficient (Wildman–Crippen LogP) is 0.914. The van der Waals surface area contributed by atoms with Gasteiger partial charge in [-0.25, -0.2) is 0 Å². The topological polar surface area (TPSA) is 57.6 Å². The minimum absolute atomic E-state index is 0.0111. The summed E-state index contributed by atoms with van der Waals surface area (Å²) in [6.07, 6.45) is -3.88. The average molecular weight is 239 g/mol. The molecule has 1 N–H and O–H groups in total. The summed E-state index contributed by atoms with van der Waals surface area (Å²) < 4.78 is 35.9. The highest BCUT2D eigenvalue weighted by Crippen LogP contribution is 2.20. The Bertz CT molecular complexity index is 290. The maximum Gasteiger partial charge on any atom is 0.451 e. The second-order valence-electron chi connectivity index (χ2n) is 3.83. The first-order valence-electron chi connectivity index (χ1n) is 4.86. The van der Waals surface area contributed by atoms with E-state index in [9.17, 15) is 22.8 Å². The van der Waals surface area contributed by atoms with Gasteiger partial charge in [0.2, 0.25) is 5.78 Å². The van der Waals surface area contributed by atoms with E-state index in [2.05, 4.69) is 0 Å². The van der Waals surface area contributed by atoms with Gasteiger partial charge in [0.15, 0.2) is 0 Å². The Morgan fingerprint density at radius 2 is 2.00 bits per heavy atom. The molecule has 7 heteroatoms. The van der Waals surface area contributed by atoms with Crippen LogP contribution in [0, 0.1) is 5.92 Å². The maximum atomic E-state index is 12.0. The lowest BCUT2D eigenvalue weighted by Gasteiger charge is -2.30. The number of nitrogens with zero attached hydrogens (tertiary/aromatic N) is 1. The Hall–Kier alpha value is -1.11. The third-order valence-electron chi connectivity index (χ3n) is 2.54. The van der Waals surface area contributed by atoms with Gasteiger partial charge in [-0.2, -0.15) is 13.2 Å². The van der Waals surface area contributed by atoms with Crippen LogP contribution >= 0.6 is 0 Å². The van der Waals surface area contributed by atoms with E-state index in [-0.39, 0.29) is 6.54 Å². The number of halogens is 3. The minimum atomic E-state index is -4.84. The van der Waals surface area contributed by atoms with Crippen molar-refractivity contribution in [2.45, 2.75) is 19.0 Å². The Kier molecular flexibility index (Phi) is 3.90. The number of rotatable bonds is 3. The number of aliphatic carboxylic acids is 1. The number of carbonyl (C=O) groups excluding carboxylic acids is 1. The molecule has 16 heavy (non-hydrogen) atoms. The molecule has 0 bridgehead atoms. The number of hydrogen-bond donors (Lipinski definition) is 1. The summed E-state index contributed by atoms with van der Waals surface area (Å²) in [5.41, 5.74) is 0. The average Bonchev–Trinajstić information content (AvgIpc) is 2.16. The number of hydrogen-bond acceptors (Lipinski definition) is 3. The normalized spacial score (nSPS) is 23.1. The van der Waals surface area contributed by atoms with Crippen molar-refractivity contribution in [3.05, 3.63) is 0 Å². The predicted molar refractivity (Wildman–Crippen MR) is 47.9 cm³/mol. The molecular weight excluding hydrogens is 227 g/mol. The van der Waals surface area contributed by atoms with Gasteiger partial charge in [-0.1, -0.05) is 0 Å². The second kappa shape index (κ2) is 4.82. The van der Waals surface area contributed by atoms with Gasteiger partial charge >= 0.3 is 12.1 Å². The first-order chi connectivity index (χ1) is 7.30. The highest BCUT2D eigenvalue weighted by atomic mass is 19.4. The third kappa shape index (κ3) is 3.48. The summed E-state index contributed by atoms with van der Waals surface area (Å²) >= 11 is 0. The van der Waals surface area contributed by atoms with E-state index >= 15 is 0 Å². The first kappa shape index (κ1) is 13.0. The molecule has 0 saturated carbocycles. The zero-order chi connectivity index (χ0) is 12.3. The lowest BCUT2D eigenvalue weighted by molar-refractivity contribution is -0.172. The summed E-state index contributed by atoms with van der Waals surface area (Å²) in [4.78, 5) is 22.6. The molecule has 0 aliphatic carbocycles. The molecule has 4 nitrogen and oxygen atoms in total. The van der Waals surface area contributed by atoms with Crippen LogP contribution in [0.4, 0.5) is 13.2 Å². The van der Waals surface area contributed by atoms with Crippen molar-refractivity contribution >= 4 is 11.8 Å². The Labute approximate surface area is 90.0 Å². The fraction of sp³-hybridized carbons (Fsp3) is 0.778. The molecule has 1 saturated heterocycles. The smallest absolute Gasteiger partial charge is 0.451 e. The van der Waals surface area contributed by atoms with Crippen LogP contribution < -0.4 is 0 Å². The van der Waals surface area contributed by atoms with E-state index in [1.165, 1.54) is 4.90 Å². The SMILES string of the molecule is O=C(O)C1CCCN(CC(=O)C(F)(F)F)C1. The van der Waals surface area contributed by atoms with Crippen molar-refractivity contribution in [2.75, 3.05) is 19.6 Å². The largest absolute Gasteiger partial charge is 0.481 e. The van der Waals surface area contributed by atoms with Gasteiger partial charge in [0.05, 0.1) is 12.5 Å². The molecule has 0 aromatic carbocycles. The van der Waals surface area contributed by atoms with Crippen LogP contribution in [0.3, 0.4) is 0 Å². The molecule has 1 aliphatic rings. The van der Waals surface area contributed by atoms with Crippen molar-refractivity contribution < 1.29 is 27.9 Å². The highest BCUT2D eigenvalue weighted by molar-refractivity contribution is 5.86. The molecule has 1 rings (SSSR count). The van der Waals surface area contributed by atoms with E-state index in [1.807, 2.05) is 0 Å². The minimum Gasteiger partial charge on any atom is -0.481 e. The van der Waals surface area contributed by atoms with Crippen LogP contribution in [0.2, 0.25) is 0 Å². The van der Waals surface area contributed by atoms with Crippen LogP contribution in [0.5, 0.6) is 0 Å². The summed E-state index contributed by atoms with van der Waals surface area (Å²) in [5, 5.41) is 8.72. The number of carbonyl (C=O) groups is 2. The van der Waals surface area contributed by atoms with Gasteiger partial charge in [-0.3, -0.25) is 14.5 Å². The van der Waals surface area contributed by atoms with E-state index < -0.39 is 30.4 Å². The summed E-state index contributed by atoms with van der Waals surface area (Å²) in [6, 6.07) is 0. The number of ketones is 1. The standard InChI is InChI=1S/C9H12F3NO3/c10-9(11,12)7(14)5-13-3-1-2-6(4-13)8(15)16/h6H,1-5H2,(H,15,16). The number of Topliss-reactive ketones (excluding diaryl/α,β-unsaturated/α-hetero) is 1. The van der Waals surface area contributed by atoms with Gasteiger partial charge in [0.25, 0.3) is 0 Å². The van der Waals surface area contributed by atoms with Crippen molar-refractivity contribution in [1.29, 1.82) is 0 Å². The maximum absolute atomic E-state index is 12.0. The lowest BCUT2D eigenvalue weighted by Crippen LogP contribution is -2.44. The van der Waals surface area contributed by atoms with Crippen LogP contribution in [-0.2, 0) is 9.59 Å². The molecule has 0 aromatic rings. The lowest BCUT2D eigenvalue weighted by atomic mass is 9.98. The zero-order valence-corrected chi connectivity index (χ0v) is 8.46. The highest BCUT2D eigenvalue weighted by Gasteiger charge is 2.39. The summed E-state index contributed by atoms with van der Waals surface area (Å²) in [6.45, 7) is -0.393. The van der Waals surface area contributed by atoms with Crippen molar-refractivity contribution in [3.8, 4) is 0 Å². The van der Waals surface area contributed by atoms with Crippen LogP contribution in [0.1, 0.15) is 12.8 Å². The van der Waals surface area contributed by atoms with Crippen LogP contribution in [0.25, 0.3) is 0 Å². The van der Waals surface area contributed by atoms with Crippen molar-refractivity contribution in [2.24, 2.45) is 5.92 Å². The third-order valence-corrected chi connectivity index (χ3v) is 2.54. The molecule has 0 amide bonds. The molecule has 1 atom stereocenters. The fourth-order valence-electron chi connectivity index (χ4n) is 1.69. The molecule has 1 aliphatic heterocycles. The quantitative estimate of drug-likeness (QED) is 0.795. The monoisotopic (exact) mass is 239 g/mol. The van der Waals surface area contributed by atoms with Crippen molar-refractivity contribution in [1.82, 2.24) is 4.90 Å². The van der Waals surface area contributed by atoms with E-state index in [0.717, 1.165) is 0 Å². The molecule has 1 heterocycles. The van der Waals surface area contributed by atoms with Crippen LogP contribution in [-0.4, -0.2) is 47.6 Å². The van der Waals surface area contributed by atoms with E-state index in [1.54, 1.807) is 0 Å². The summed E-state index contributed by atoms with van der Waals surface area (Å²) in [5.74, 6) is -3.52. The second-order valence-corrected chi connectivity index (χ2v) is 3.83. The van der Waals surface area contributed by atoms with Gasteiger partial charge < -0.3 is 5.11 Å².